The summed E-state index contributed by atoms with van der Waals surface area (Å²) in [5.41, 5.74) is 4.82. The third-order valence-corrected chi connectivity index (χ3v) is 6.44. The summed E-state index contributed by atoms with van der Waals surface area (Å²) >= 11 is 0. The predicted octanol–water partition coefficient (Wildman–Crippen LogP) is 5.66. The van der Waals surface area contributed by atoms with Crippen molar-refractivity contribution in [3.63, 3.8) is 0 Å². The molecular formula is C31H34N4O4. The third kappa shape index (κ3) is 6.12. The molecule has 1 N–H and O–H groups in total. The maximum absolute atomic E-state index is 13.5. The van der Waals surface area contributed by atoms with Crippen molar-refractivity contribution < 1.29 is 19.1 Å². The van der Waals surface area contributed by atoms with Gasteiger partial charge in [-0.1, -0.05) is 55.5 Å². The van der Waals surface area contributed by atoms with Crippen LogP contribution in [0.25, 0.3) is 16.8 Å². The first-order chi connectivity index (χ1) is 18.9. The number of rotatable bonds is 10. The lowest BCUT2D eigenvalue weighted by Crippen LogP contribution is -2.38. The van der Waals surface area contributed by atoms with Crippen molar-refractivity contribution in [1.82, 2.24) is 14.7 Å². The van der Waals surface area contributed by atoms with Crippen LogP contribution in [0.3, 0.4) is 0 Å². The molecule has 0 atom stereocenters. The van der Waals surface area contributed by atoms with Crippen LogP contribution < -0.4 is 14.8 Å². The molecule has 8 heteroatoms. The molecular weight excluding hydrogens is 492 g/mol. The highest BCUT2D eigenvalue weighted by molar-refractivity contribution is 6.01. The van der Waals surface area contributed by atoms with E-state index >= 15 is 0 Å². The Bertz CT molecular complexity index is 1440. The number of carbonyl (C=O) groups excluding carboxylic acids is 2. The molecule has 0 spiro atoms. The molecule has 1 heterocycles. The van der Waals surface area contributed by atoms with Crippen LogP contribution in [0, 0.1) is 13.8 Å². The molecule has 0 saturated carbocycles. The number of anilines is 1. The molecule has 39 heavy (non-hydrogen) atoms. The minimum Gasteiger partial charge on any atom is -0.497 e. The first kappa shape index (κ1) is 27.4. The topological polar surface area (TPSA) is 85.7 Å². The maximum atomic E-state index is 13.5. The van der Waals surface area contributed by atoms with Crippen LogP contribution in [0.5, 0.6) is 11.5 Å². The summed E-state index contributed by atoms with van der Waals surface area (Å²) in [6.45, 7) is 6.18. The van der Waals surface area contributed by atoms with Crippen molar-refractivity contribution >= 4 is 17.6 Å². The quantitative estimate of drug-likeness (QED) is 0.288. The molecule has 2 amide bonds. The van der Waals surface area contributed by atoms with E-state index in [2.05, 4.69) is 5.32 Å². The predicted molar refractivity (Wildman–Crippen MR) is 153 cm³/mol. The fraction of sp³-hybridized carbons (Fsp3) is 0.258. The van der Waals surface area contributed by atoms with Gasteiger partial charge in [-0.25, -0.2) is 4.68 Å². The number of aromatic nitrogens is 2. The highest BCUT2D eigenvalue weighted by atomic mass is 16.5. The minimum absolute atomic E-state index is 0.127. The zero-order valence-corrected chi connectivity index (χ0v) is 23.0. The molecule has 8 nitrogen and oxygen atoms in total. The van der Waals surface area contributed by atoms with E-state index < -0.39 is 0 Å². The van der Waals surface area contributed by atoms with Crippen LogP contribution >= 0.6 is 0 Å². The molecule has 0 bridgehead atoms. The zero-order chi connectivity index (χ0) is 27.9. The van der Waals surface area contributed by atoms with E-state index in [1.807, 2.05) is 75.4 Å². The van der Waals surface area contributed by atoms with Crippen molar-refractivity contribution in [3.8, 4) is 28.3 Å². The van der Waals surface area contributed by atoms with Crippen molar-refractivity contribution in [1.29, 1.82) is 0 Å². The number of hydrogen-bond acceptors (Lipinski definition) is 5. The van der Waals surface area contributed by atoms with Crippen LogP contribution in [-0.2, 0) is 4.79 Å². The average Bonchev–Trinajstić information content (AvgIpc) is 3.27. The number of benzene rings is 3. The standard InChI is InChI=1S/C31H34N4O4/c1-6-16-34(31(37)24-17-25(38-4)19-26(18-24)39-5)20-28(36)32-30-29(23-13-8-7-9-14-23)22(3)33-35(30)27-15-11-10-12-21(27)2/h7-15,17-19H,6,16,20H2,1-5H3,(H,32,36). The Morgan fingerprint density at radius 3 is 2.18 bits per heavy atom. The highest BCUT2D eigenvalue weighted by Crippen LogP contribution is 2.34. The number of aryl methyl sites for hydroxylation is 2. The smallest absolute Gasteiger partial charge is 0.254 e. The summed E-state index contributed by atoms with van der Waals surface area (Å²) in [5.74, 6) is 0.965. The van der Waals surface area contributed by atoms with Gasteiger partial charge in [-0.15, -0.1) is 0 Å². The summed E-state index contributed by atoms with van der Waals surface area (Å²) in [6.07, 6.45) is 0.690. The van der Waals surface area contributed by atoms with Crippen LogP contribution in [0.4, 0.5) is 5.82 Å². The molecule has 4 rings (SSSR count). The van der Waals surface area contributed by atoms with E-state index in [0.717, 1.165) is 28.1 Å². The Balaban J connectivity index is 1.69. The van der Waals surface area contributed by atoms with E-state index in [-0.39, 0.29) is 18.4 Å². The number of ether oxygens (including phenoxy) is 2. The van der Waals surface area contributed by atoms with Crippen LogP contribution in [-0.4, -0.2) is 53.8 Å². The first-order valence-corrected chi connectivity index (χ1v) is 12.9. The minimum atomic E-state index is -0.321. The van der Waals surface area contributed by atoms with Gasteiger partial charge in [0.1, 0.15) is 23.9 Å². The van der Waals surface area contributed by atoms with Gasteiger partial charge in [0.25, 0.3) is 5.91 Å². The van der Waals surface area contributed by atoms with Gasteiger partial charge < -0.3 is 19.7 Å². The SMILES string of the molecule is CCCN(CC(=O)Nc1c(-c2ccccc2)c(C)nn1-c1ccccc1C)C(=O)c1cc(OC)cc(OC)c1. The number of nitrogens with one attached hydrogen (secondary N) is 1. The lowest BCUT2D eigenvalue weighted by molar-refractivity contribution is -0.116. The van der Waals surface area contributed by atoms with E-state index in [1.54, 1.807) is 22.9 Å². The van der Waals surface area contributed by atoms with Gasteiger partial charge in [0.05, 0.1) is 25.6 Å². The van der Waals surface area contributed by atoms with Gasteiger partial charge in [0.15, 0.2) is 0 Å². The lowest BCUT2D eigenvalue weighted by Gasteiger charge is -2.23. The second-order valence-electron chi connectivity index (χ2n) is 9.25. The Morgan fingerprint density at radius 1 is 0.923 bits per heavy atom. The number of nitrogens with zero attached hydrogens (tertiary/aromatic N) is 3. The van der Waals surface area contributed by atoms with Gasteiger partial charge in [0, 0.05) is 23.7 Å². The van der Waals surface area contributed by atoms with Crippen molar-refractivity contribution in [3.05, 3.63) is 89.6 Å². The lowest BCUT2D eigenvalue weighted by atomic mass is 10.1. The number of carbonyl (C=O) groups is 2. The van der Waals surface area contributed by atoms with E-state index in [4.69, 9.17) is 14.6 Å². The second kappa shape index (κ2) is 12.3. The summed E-state index contributed by atoms with van der Waals surface area (Å²) in [5, 5.41) is 7.88. The molecule has 0 fully saturated rings. The summed E-state index contributed by atoms with van der Waals surface area (Å²) < 4.78 is 12.4. The van der Waals surface area contributed by atoms with Crippen molar-refractivity contribution in [2.75, 3.05) is 32.6 Å². The Kier molecular flexibility index (Phi) is 8.66. The summed E-state index contributed by atoms with van der Waals surface area (Å²) in [4.78, 5) is 28.6. The third-order valence-electron chi connectivity index (χ3n) is 6.44. The van der Waals surface area contributed by atoms with Crippen molar-refractivity contribution in [2.45, 2.75) is 27.2 Å². The fourth-order valence-electron chi connectivity index (χ4n) is 4.55. The van der Waals surface area contributed by atoms with Crippen molar-refractivity contribution in [2.24, 2.45) is 0 Å². The molecule has 0 aliphatic rings. The van der Waals surface area contributed by atoms with E-state index in [1.165, 1.54) is 19.1 Å². The molecule has 1 aromatic heterocycles. The van der Waals surface area contributed by atoms with Crippen LogP contribution in [0.15, 0.2) is 72.8 Å². The molecule has 0 saturated heterocycles. The number of hydrogen-bond donors (Lipinski definition) is 1. The largest absolute Gasteiger partial charge is 0.497 e. The number of amides is 2. The normalized spacial score (nSPS) is 10.7. The van der Waals surface area contributed by atoms with E-state index in [0.29, 0.717) is 35.8 Å². The molecule has 0 unspecified atom stereocenters. The molecule has 4 aromatic rings. The number of para-hydroxylation sites is 1. The van der Waals surface area contributed by atoms with Gasteiger partial charge in [-0.3, -0.25) is 9.59 Å². The monoisotopic (exact) mass is 526 g/mol. The zero-order valence-electron chi connectivity index (χ0n) is 23.0. The van der Waals surface area contributed by atoms with Gasteiger partial charge >= 0.3 is 0 Å². The summed E-state index contributed by atoms with van der Waals surface area (Å²) in [7, 11) is 3.06. The Labute approximate surface area is 229 Å². The van der Waals surface area contributed by atoms with Gasteiger partial charge in [-0.2, -0.15) is 5.10 Å². The average molecular weight is 527 g/mol. The Hall–Kier alpha value is -4.59. The van der Waals surface area contributed by atoms with Gasteiger partial charge in [-0.05, 0) is 49.6 Å². The van der Waals surface area contributed by atoms with Gasteiger partial charge in [0.2, 0.25) is 5.91 Å². The Morgan fingerprint density at radius 2 is 1.56 bits per heavy atom. The van der Waals surface area contributed by atoms with Crippen LogP contribution in [0.2, 0.25) is 0 Å². The fourth-order valence-corrected chi connectivity index (χ4v) is 4.55. The van der Waals surface area contributed by atoms with Crippen LogP contribution in [0.1, 0.15) is 35.0 Å². The maximum Gasteiger partial charge on any atom is 0.254 e. The molecule has 0 aliphatic heterocycles. The molecule has 202 valence electrons. The summed E-state index contributed by atoms with van der Waals surface area (Å²) in [6, 6.07) is 22.7. The molecule has 3 aromatic carbocycles. The molecule has 0 radical (unpaired) electrons. The van der Waals surface area contributed by atoms with E-state index in [9.17, 15) is 9.59 Å². The highest BCUT2D eigenvalue weighted by Gasteiger charge is 2.24. The second-order valence-corrected chi connectivity index (χ2v) is 9.25. The molecule has 0 aliphatic carbocycles. The first-order valence-electron chi connectivity index (χ1n) is 12.9. The number of methoxy groups -OCH3 is 2.